The molecular weight excluding hydrogens is 574 g/mol. The van der Waals surface area contributed by atoms with Crippen molar-refractivity contribution in [2.75, 3.05) is 13.6 Å². The van der Waals surface area contributed by atoms with Gasteiger partial charge in [-0.25, -0.2) is 8.78 Å². The van der Waals surface area contributed by atoms with Crippen LogP contribution < -0.4 is 20.1 Å². The highest BCUT2D eigenvalue weighted by atomic mass is 35.5. The second-order valence-corrected chi connectivity index (χ2v) is 13.2. The first-order valence-electron chi connectivity index (χ1n) is 15.0. The highest BCUT2D eigenvalue weighted by Gasteiger charge is 2.53. The second kappa shape index (κ2) is 10.2. The molecule has 2 heterocycles. The lowest BCUT2D eigenvalue weighted by Crippen LogP contribution is -2.49. The van der Waals surface area contributed by atoms with Crippen LogP contribution in [0.15, 0.2) is 42.5 Å². The van der Waals surface area contributed by atoms with E-state index in [4.69, 9.17) is 21.1 Å². The Bertz CT molecular complexity index is 1620. The van der Waals surface area contributed by atoms with Gasteiger partial charge >= 0.3 is 0 Å². The number of rotatable bonds is 6. The number of aliphatic hydroxyl groups is 1. The van der Waals surface area contributed by atoms with E-state index < -0.39 is 34.7 Å². The molecule has 43 heavy (non-hydrogen) atoms. The molecule has 2 unspecified atom stereocenters. The van der Waals surface area contributed by atoms with Crippen LogP contribution in [0.2, 0.25) is 5.02 Å². The van der Waals surface area contributed by atoms with E-state index in [-0.39, 0.29) is 51.3 Å². The molecule has 2 saturated carbocycles. The molecule has 2 aliphatic carbocycles. The maximum Gasteiger partial charge on any atom is 0.251 e. The molecule has 2 aliphatic heterocycles. The molecule has 3 N–H and O–H groups in total. The minimum absolute atomic E-state index is 0.0539. The highest BCUT2D eigenvalue weighted by molar-refractivity contribution is 6.34. The predicted molar refractivity (Wildman–Crippen MR) is 160 cm³/mol. The Kier molecular flexibility index (Phi) is 6.76. The first-order valence-corrected chi connectivity index (χ1v) is 15.4. The fraction of sp³-hybridized carbons (Fsp3) is 0.441. The molecule has 0 bridgehead atoms. The molecule has 7 rings (SSSR count). The Hall–Kier alpha value is -3.20. The molecule has 4 aliphatic rings. The van der Waals surface area contributed by atoms with Gasteiger partial charge in [0.05, 0.1) is 16.2 Å². The minimum Gasteiger partial charge on any atom is -0.486 e. The number of carbonyl (C=O) groups excluding carboxylic acids is 1. The van der Waals surface area contributed by atoms with Gasteiger partial charge in [0.15, 0.2) is 17.2 Å². The van der Waals surface area contributed by atoms with E-state index >= 15 is 8.78 Å². The fourth-order valence-electron chi connectivity index (χ4n) is 7.34. The van der Waals surface area contributed by atoms with Crippen molar-refractivity contribution < 1.29 is 28.2 Å². The molecule has 0 saturated heterocycles. The van der Waals surface area contributed by atoms with Crippen molar-refractivity contribution in [1.82, 2.24) is 10.6 Å². The number of carbonyl (C=O) groups is 1. The highest BCUT2D eigenvalue weighted by Crippen LogP contribution is 2.59. The molecule has 0 spiro atoms. The lowest BCUT2D eigenvalue weighted by molar-refractivity contribution is 0.00890. The summed E-state index contributed by atoms with van der Waals surface area (Å²) in [5.41, 5.74) is 0.540. The van der Waals surface area contributed by atoms with Crippen LogP contribution in [0.4, 0.5) is 8.78 Å². The van der Waals surface area contributed by atoms with Crippen LogP contribution in [-0.2, 0) is 5.60 Å². The van der Waals surface area contributed by atoms with Gasteiger partial charge in [-0.05, 0) is 50.7 Å². The molecule has 226 valence electrons. The Balaban J connectivity index is 1.37. The van der Waals surface area contributed by atoms with E-state index in [1.54, 1.807) is 6.07 Å². The lowest BCUT2D eigenvalue weighted by Gasteiger charge is -2.38. The second-order valence-electron chi connectivity index (χ2n) is 12.8. The number of amides is 1. The van der Waals surface area contributed by atoms with E-state index in [1.807, 2.05) is 44.2 Å². The number of nitrogens with one attached hydrogen (secondary N) is 2. The Labute approximate surface area is 254 Å². The van der Waals surface area contributed by atoms with Gasteiger partial charge in [0.25, 0.3) is 5.91 Å². The van der Waals surface area contributed by atoms with Crippen molar-refractivity contribution in [3.8, 4) is 22.6 Å². The summed E-state index contributed by atoms with van der Waals surface area (Å²) in [7, 11) is 1.48. The van der Waals surface area contributed by atoms with Crippen LogP contribution in [0.25, 0.3) is 11.1 Å². The first-order chi connectivity index (χ1) is 20.5. The maximum atomic E-state index is 16.5. The van der Waals surface area contributed by atoms with Crippen LogP contribution >= 0.6 is 11.6 Å². The van der Waals surface area contributed by atoms with Crippen molar-refractivity contribution in [2.45, 2.75) is 81.1 Å². The van der Waals surface area contributed by atoms with Crippen LogP contribution in [-0.4, -0.2) is 42.4 Å². The van der Waals surface area contributed by atoms with Gasteiger partial charge in [-0.15, -0.1) is 0 Å². The molecule has 9 heteroatoms. The van der Waals surface area contributed by atoms with Gasteiger partial charge < -0.3 is 25.2 Å². The largest absolute Gasteiger partial charge is 0.486 e. The van der Waals surface area contributed by atoms with E-state index in [9.17, 15) is 9.90 Å². The summed E-state index contributed by atoms with van der Waals surface area (Å²) in [6, 6.07) is 12.8. The molecule has 0 aromatic heterocycles. The average molecular weight is 609 g/mol. The van der Waals surface area contributed by atoms with Gasteiger partial charge in [-0.3, -0.25) is 4.79 Å². The number of hydrogen-bond donors (Lipinski definition) is 3. The molecule has 1 amide bonds. The fourth-order valence-corrected chi connectivity index (χ4v) is 7.59. The summed E-state index contributed by atoms with van der Waals surface area (Å²) in [6.07, 6.45) is 3.67. The van der Waals surface area contributed by atoms with Gasteiger partial charge in [0.2, 0.25) is 0 Å². The van der Waals surface area contributed by atoms with E-state index in [0.29, 0.717) is 30.5 Å². The van der Waals surface area contributed by atoms with Crippen LogP contribution in [0.1, 0.15) is 84.8 Å². The van der Waals surface area contributed by atoms with Crippen molar-refractivity contribution in [3.63, 3.8) is 0 Å². The van der Waals surface area contributed by atoms with Gasteiger partial charge in [0.1, 0.15) is 17.7 Å². The Morgan fingerprint density at radius 3 is 2.56 bits per heavy atom. The quantitative estimate of drug-likeness (QED) is 0.295. The van der Waals surface area contributed by atoms with Crippen LogP contribution in [0.5, 0.6) is 11.5 Å². The normalized spacial score (nSPS) is 30.1. The van der Waals surface area contributed by atoms with E-state index in [1.165, 1.54) is 13.1 Å². The van der Waals surface area contributed by atoms with E-state index in [0.717, 1.165) is 24.8 Å². The molecule has 0 radical (unpaired) electrons. The smallest absolute Gasteiger partial charge is 0.251 e. The molecule has 2 fully saturated rings. The number of hydrogen-bond acceptors (Lipinski definition) is 5. The zero-order valence-corrected chi connectivity index (χ0v) is 25.2. The number of halogens is 3. The monoisotopic (exact) mass is 608 g/mol. The SMILES string of the molecule is CNC(=O)c1cc2c(c(F)c1-c1c(Cl)c(F)cc3c1[C@H](C)[C@@](CNC1CCC(C)(O)CC1)(c1ccccc1)O3)OC1CC21. The number of ether oxygens (including phenoxy) is 2. The third kappa shape index (κ3) is 4.52. The van der Waals surface area contributed by atoms with E-state index in [2.05, 4.69) is 10.6 Å². The van der Waals surface area contributed by atoms with Crippen molar-refractivity contribution >= 4 is 17.5 Å². The summed E-state index contributed by atoms with van der Waals surface area (Å²) in [5, 5.41) is 16.5. The third-order valence-corrected chi connectivity index (χ3v) is 10.4. The summed E-state index contributed by atoms with van der Waals surface area (Å²) < 4.78 is 44.8. The molecule has 4 atom stereocenters. The molecule has 3 aromatic rings. The van der Waals surface area contributed by atoms with Crippen molar-refractivity contribution in [1.29, 1.82) is 0 Å². The topological polar surface area (TPSA) is 79.8 Å². The molecular formula is C34H35ClF2N2O4. The summed E-state index contributed by atoms with van der Waals surface area (Å²) >= 11 is 6.71. The molecule has 3 aromatic carbocycles. The van der Waals surface area contributed by atoms with Crippen molar-refractivity contribution in [2.24, 2.45) is 0 Å². The zero-order valence-electron chi connectivity index (χ0n) is 24.4. The predicted octanol–water partition coefficient (Wildman–Crippen LogP) is 6.57. The summed E-state index contributed by atoms with van der Waals surface area (Å²) in [4.78, 5) is 13.2. The van der Waals surface area contributed by atoms with Crippen LogP contribution in [0, 0.1) is 11.6 Å². The van der Waals surface area contributed by atoms with Crippen LogP contribution in [0.3, 0.4) is 0 Å². The number of benzene rings is 3. The third-order valence-electron chi connectivity index (χ3n) is 10.00. The summed E-state index contributed by atoms with van der Waals surface area (Å²) in [5.74, 6) is -1.97. The van der Waals surface area contributed by atoms with Gasteiger partial charge in [-0.1, -0.05) is 48.9 Å². The first kappa shape index (κ1) is 28.6. The Morgan fingerprint density at radius 2 is 1.86 bits per heavy atom. The Morgan fingerprint density at radius 1 is 1.14 bits per heavy atom. The van der Waals surface area contributed by atoms with Gasteiger partial charge in [0, 0.05) is 59.8 Å². The lowest BCUT2D eigenvalue weighted by atomic mass is 9.76. The maximum absolute atomic E-state index is 16.5. The molecule has 6 nitrogen and oxygen atoms in total. The zero-order chi connectivity index (χ0) is 30.3. The minimum atomic E-state index is -0.978. The standard InChI is InChI=1S/C34H35ClF2N2O4/c1-17-26-25(43-34(17,18-7-5-4-6-8-18)16-39-19-9-11-33(2,41)12-10-19)15-23(36)29(35)28(26)27-22(32(40)38-3)13-21-20-14-24(20)42-31(21)30(27)37/h4-8,13,15,17,19-20,24,39,41H,9-12,14,16H2,1-3H3,(H,38,40)/t17-,19?,20?,24?,33?,34-/m0/s1. The van der Waals surface area contributed by atoms with Crippen molar-refractivity contribution in [3.05, 3.63) is 81.4 Å². The number of fused-ring (bicyclic) bond motifs is 4. The van der Waals surface area contributed by atoms with Gasteiger partial charge in [-0.2, -0.15) is 0 Å². The average Bonchev–Trinajstić information content (AvgIpc) is 3.59. The summed E-state index contributed by atoms with van der Waals surface area (Å²) in [6.45, 7) is 4.23.